The molecule has 0 radical (unpaired) electrons. The third-order valence-corrected chi connectivity index (χ3v) is 3.57. The molecule has 0 spiro atoms. The van der Waals surface area contributed by atoms with Gasteiger partial charge in [-0.1, -0.05) is 12.0 Å². The van der Waals surface area contributed by atoms with Gasteiger partial charge in [-0.3, -0.25) is 9.48 Å². The van der Waals surface area contributed by atoms with E-state index in [-0.39, 0.29) is 5.91 Å². The molecule has 2 aromatic rings. The van der Waals surface area contributed by atoms with Gasteiger partial charge in [0, 0.05) is 30.4 Å². The van der Waals surface area contributed by atoms with Crippen molar-refractivity contribution in [1.29, 1.82) is 0 Å². The molecule has 0 saturated heterocycles. The van der Waals surface area contributed by atoms with Crippen LogP contribution in [-0.2, 0) is 18.3 Å². The van der Waals surface area contributed by atoms with Gasteiger partial charge in [-0.15, -0.1) is 6.42 Å². The van der Waals surface area contributed by atoms with Crippen LogP contribution in [0.5, 0.6) is 0 Å². The number of hydrogen-bond donors (Lipinski definition) is 1. The SMILES string of the molecule is C#Cc1cccc(NC(=O)CCc2c(C)nn(C)c2C)c1. The molecule has 0 atom stereocenters. The molecule has 0 saturated carbocycles. The molecule has 0 unspecified atom stereocenters. The van der Waals surface area contributed by atoms with Gasteiger partial charge < -0.3 is 5.32 Å². The van der Waals surface area contributed by atoms with E-state index >= 15 is 0 Å². The van der Waals surface area contributed by atoms with Gasteiger partial charge in [0.15, 0.2) is 0 Å². The predicted octanol–water partition coefficient (Wildman–Crippen LogP) is 2.59. The first-order valence-corrected chi connectivity index (χ1v) is 6.87. The molecule has 1 N–H and O–H groups in total. The topological polar surface area (TPSA) is 46.9 Å². The first-order valence-electron chi connectivity index (χ1n) is 6.87. The Morgan fingerprint density at radius 1 is 1.43 bits per heavy atom. The van der Waals surface area contributed by atoms with Crippen LogP contribution in [0.2, 0.25) is 0 Å². The first kappa shape index (κ1) is 14.9. The van der Waals surface area contributed by atoms with Crippen LogP contribution in [0.3, 0.4) is 0 Å². The van der Waals surface area contributed by atoms with Crippen molar-refractivity contribution in [2.24, 2.45) is 7.05 Å². The second kappa shape index (κ2) is 6.27. The van der Waals surface area contributed by atoms with Gasteiger partial charge in [0.25, 0.3) is 0 Å². The number of carbonyl (C=O) groups is 1. The molecule has 1 amide bonds. The third kappa shape index (κ3) is 3.51. The summed E-state index contributed by atoms with van der Waals surface area (Å²) >= 11 is 0. The van der Waals surface area contributed by atoms with Crippen molar-refractivity contribution in [2.45, 2.75) is 26.7 Å². The van der Waals surface area contributed by atoms with E-state index in [1.165, 1.54) is 0 Å². The smallest absolute Gasteiger partial charge is 0.224 e. The molecule has 0 aliphatic carbocycles. The average molecular weight is 281 g/mol. The van der Waals surface area contributed by atoms with Crippen LogP contribution in [0.15, 0.2) is 24.3 Å². The molecule has 2 rings (SSSR count). The molecule has 0 aliphatic rings. The maximum atomic E-state index is 12.0. The summed E-state index contributed by atoms with van der Waals surface area (Å²) in [6.07, 6.45) is 6.46. The Morgan fingerprint density at radius 2 is 2.19 bits per heavy atom. The number of hydrogen-bond acceptors (Lipinski definition) is 2. The largest absolute Gasteiger partial charge is 0.326 e. The molecule has 4 heteroatoms. The normalized spacial score (nSPS) is 10.2. The molecule has 0 bridgehead atoms. The van der Waals surface area contributed by atoms with Crippen molar-refractivity contribution >= 4 is 11.6 Å². The van der Waals surface area contributed by atoms with E-state index in [1.807, 2.05) is 43.8 Å². The highest BCUT2D eigenvalue weighted by Crippen LogP contribution is 2.15. The van der Waals surface area contributed by atoms with E-state index in [1.54, 1.807) is 6.07 Å². The quantitative estimate of drug-likeness (QED) is 0.876. The number of aryl methyl sites for hydroxylation is 2. The van der Waals surface area contributed by atoms with E-state index in [4.69, 9.17) is 6.42 Å². The summed E-state index contributed by atoms with van der Waals surface area (Å²) in [6.45, 7) is 3.99. The van der Waals surface area contributed by atoms with Crippen LogP contribution in [0.1, 0.15) is 28.9 Å². The standard InChI is InChI=1S/C17H19N3O/c1-5-14-7-6-8-15(11-14)18-17(21)10-9-16-12(2)19-20(4)13(16)3/h1,6-8,11H,9-10H2,2-4H3,(H,18,21). The number of carbonyl (C=O) groups excluding carboxylic acids is 1. The van der Waals surface area contributed by atoms with Gasteiger partial charge in [-0.05, 0) is 44.0 Å². The van der Waals surface area contributed by atoms with Crippen molar-refractivity contribution in [3.63, 3.8) is 0 Å². The molecule has 0 fully saturated rings. The van der Waals surface area contributed by atoms with Gasteiger partial charge in [0.2, 0.25) is 5.91 Å². The summed E-state index contributed by atoms with van der Waals surface area (Å²) in [5.74, 6) is 2.53. The molecule has 0 aliphatic heterocycles. The molecule has 108 valence electrons. The lowest BCUT2D eigenvalue weighted by Gasteiger charge is -2.06. The summed E-state index contributed by atoms with van der Waals surface area (Å²) in [4.78, 5) is 12.0. The molecule has 1 aromatic heterocycles. The Bertz CT molecular complexity index is 707. The first-order chi connectivity index (χ1) is 10.0. The maximum Gasteiger partial charge on any atom is 0.224 e. The molecule has 1 aromatic carbocycles. The fourth-order valence-electron chi connectivity index (χ4n) is 2.33. The Balaban J connectivity index is 1.97. The molecule has 4 nitrogen and oxygen atoms in total. The summed E-state index contributed by atoms with van der Waals surface area (Å²) in [6, 6.07) is 7.29. The number of rotatable bonds is 4. The van der Waals surface area contributed by atoms with Crippen molar-refractivity contribution in [3.8, 4) is 12.3 Å². The number of amides is 1. The van der Waals surface area contributed by atoms with E-state index in [0.717, 1.165) is 28.2 Å². The fourth-order valence-corrected chi connectivity index (χ4v) is 2.33. The van der Waals surface area contributed by atoms with Crippen LogP contribution in [0.25, 0.3) is 0 Å². The second-order valence-corrected chi connectivity index (χ2v) is 5.05. The third-order valence-electron chi connectivity index (χ3n) is 3.57. The lowest BCUT2D eigenvalue weighted by molar-refractivity contribution is -0.116. The highest BCUT2D eigenvalue weighted by molar-refractivity contribution is 5.91. The molecule has 1 heterocycles. The lowest BCUT2D eigenvalue weighted by Crippen LogP contribution is -2.12. The molecular formula is C17H19N3O. The van der Waals surface area contributed by atoms with Crippen LogP contribution in [0.4, 0.5) is 5.69 Å². The summed E-state index contributed by atoms with van der Waals surface area (Å²) in [5.41, 5.74) is 4.72. The van der Waals surface area contributed by atoms with Gasteiger partial charge in [0.05, 0.1) is 5.69 Å². The zero-order chi connectivity index (χ0) is 15.4. The van der Waals surface area contributed by atoms with Gasteiger partial charge >= 0.3 is 0 Å². The second-order valence-electron chi connectivity index (χ2n) is 5.05. The van der Waals surface area contributed by atoms with E-state index in [0.29, 0.717) is 12.8 Å². The fraction of sp³-hybridized carbons (Fsp3) is 0.294. The highest BCUT2D eigenvalue weighted by atomic mass is 16.1. The highest BCUT2D eigenvalue weighted by Gasteiger charge is 2.11. The van der Waals surface area contributed by atoms with E-state index in [9.17, 15) is 4.79 Å². The van der Waals surface area contributed by atoms with Crippen molar-refractivity contribution < 1.29 is 4.79 Å². The molecule has 21 heavy (non-hydrogen) atoms. The average Bonchev–Trinajstić information content (AvgIpc) is 2.70. The Kier molecular flexibility index (Phi) is 4.44. The van der Waals surface area contributed by atoms with Crippen molar-refractivity contribution in [1.82, 2.24) is 9.78 Å². The number of aromatic nitrogens is 2. The zero-order valence-electron chi connectivity index (χ0n) is 12.6. The minimum absolute atomic E-state index is 0.0215. The zero-order valence-corrected chi connectivity index (χ0v) is 12.6. The predicted molar refractivity (Wildman–Crippen MR) is 84.0 cm³/mol. The van der Waals surface area contributed by atoms with Crippen LogP contribution >= 0.6 is 0 Å². The van der Waals surface area contributed by atoms with Crippen LogP contribution in [-0.4, -0.2) is 15.7 Å². The van der Waals surface area contributed by atoms with Gasteiger partial charge in [0.1, 0.15) is 0 Å². The monoisotopic (exact) mass is 281 g/mol. The Hall–Kier alpha value is -2.54. The van der Waals surface area contributed by atoms with E-state index < -0.39 is 0 Å². The van der Waals surface area contributed by atoms with Crippen LogP contribution in [0, 0.1) is 26.2 Å². The van der Waals surface area contributed by atoms with Gasteiger partial charge in [-0.2, -0.15) is 5.10 Å². The van der Waals surface area contributed by atoms with Crippen molar-refractivity contribution in [2.75, 3.05) is 5.32 Å². The summed E-state index contributed by atoms with van der Waals surface area (Å²) < 4.78 is 1.85. The minimum Gasteiger partial charge on any atom is -0.326 e. The summed E-state index contributed by atoms with van der Waals surface area (Å²) in [5, 5.41) is 7.23. The number of nitrogens with one attached hydrogen (secondary N) is 1. The number of anilines is 1. The van der Waals surface area contributed by atoms with E-state index in [2.05, 4.69) is 16.3 Å². The number of nitrogens with zero attached hydrogens (tertiary/aromatic N) is 2. The lowest BCUT2D eigenvalue weighted by atomic mass is 10.1. The van der Waals surface area contributed by atoms with Gasteiger partial charge in [-0.25, -0.2) is 0 Å². The Morgan fingerprint density at radius 3 is 2.81 bits per heavy atom. The Labute approximate surface area is 125 Å². The minimum atomic E-state index is -0.0215. The number of terminal acetylenes is 1. The molecular weight excluding hydrogens is 262 g/mol. The maximum absolute atomic E-state index is 12.0. The van der Waals surface area contributed by atoms with Crippen LogP contribution < -0.4 is 5.32 Å². The summed E-state index contributed by atoms with van der Waals surface area (Å²) in [7, 11) is 1.91. The van der Waals surface area contributed by atoms with Crippen molar-refractivity contribution in [3.05, 3.63) is 46.8 Å². The number of benzene rings is 1.